The molecule has 0 aliphatic rings. The topological polar surface area (TPSA) is 35.2 Å². The number of nitrogens with two attached hydrogens (primary N) is 1. The molecular formula is C8H15NO. The Kier molecular flexibility index (Phi) is 3.62. The number of ether oxygens (including phenoxy) is 1. The highest BCUT2D eigenvalue weighted by atomic mass is 16.5. The van der Waals surface area contributed by atoms with Crippen LogP contribution in [-0.4, -0.2) is 6.10 Å². The van der Waals surface area contributed by atoms with Gasteiger partial charge < -0.3 is 10.5 Å². The summed E-state index contributed by atoms with van der Waals surface area (Å²) in [7, 11) is 0. The molecule has 0 heterocycles. The molecular weight excluding hydrogens is 126 g/mol. The summed E-state index contributed by atoms with van der Waals surface area (Å²) in [6, 6.07) is 0. The van der Waals surface area contributed by atoms with Crippen molar-refractivity contribution in [1.29, 1.82) is 0 Å². The molecule has 0 aliphatic carbocycles. The van der Waals surface area contributed by atoms with Gasteiger partial charge >= 0.3 is 0 Å². The van der Waals surface area contributed by atoms with Crippen LogP contribution in [0.3, 0.4) is 0 Å². The average molecular weight is 141 g/mol. The fraction of sp³-hybridized carbons (Fsp3) is 0.500. The highest BCUT2D eigenvalue weighted by molar-refractivity contribution is 5.18. The molecule has 0 saturated carbocycles. The molecule has 0 aromatic rings. The molecule has 0 spiro atoms. The Bertz CT molecular complexity index is 147. The average Bonchev–Trinajstić information content (AvgIpc) is 1.81. The summed E-state index contributed by atoms with van der Waals surface area (Å²) in [4.78, 5) is 0. The molecule has 0 atom stereocenters. The predicted molar refractivity (Wildman–Crippen MR) is 43.3 cm³/mol. The van der Waals surface area contributed by atoms with E-state index < -0.39 is 0 Å². The van der Waals surface area contributed by atoms with E-state index in [2.05, 4.69) is 6.58 Å². The fourth-order valence-corrected chi connectivity index (χ4v) is 0.583. The quantitative estimate of drug-likeness (QED) is 0.480. The Balaban J connectivity index is 3.99. The third kappa shape index (κ3) is 3.17. The minimum atomic E-state index is 0.159. The van der Waals surface area contributed by atoms with E-state index in [1.165, 1.54) is 0 Å². The predicted octanol–water partition coefficient (Wildman–Crippen LogP) is 1.79. The van der Waals surface area contributed by atoms with Crippen LogP contribution in [0.2, 0.25) is 0 Å². The zero-order valence-electron chi connectivity index (χ0n) is 6.85. The molecule has 0 aliphatic heterocycles. The molecule has 0 rings (SSSR count). The van der Waals surface area contributed by atoms with Crippen LogP contribution in [0.4, 0.5) is 0 Å². The minimum Gasteiger partial charge on any atom is -0.489 e. The van der Waals surface area contributed by atoms with Gasteiger partial charge in [-0.3, -0.25) is 0 Å². The van der Waals surface area contributed by atoms with Crippen molar-refractivity contribution in [2.75, 3.05) is 0 Å². The van der Waals surface area contributed by atoms with E-state index in [0.717, 1.165) is 0 Å². The largest absolute Gasteiger partial charge is 0.489 e. The van der Waals surface area contributed by atoms with E-state index in [1.807, 2.05) is 26.8 Å². The summed E-state index contributed by atoms with van der Waals surface area (Å²) in [6.45, 7) is 9.34. The van der Waals surface area contributed by atoms with Crippen molar-refractivity contribution in [2.45, 2.75) is 26.9 Å². The molecule has 10 heavy (non-hydrogen) atoms. The van der Waals surface area contributed by atoms with Gasteiger partial charge in [0.2, 0.25) is 0 Å². The second-order valence-corrected chi connectivity index (χ2v) is 2.34. The standard InChI is InChI=1S/C8H15NO/c1-5-8(7(4)9)10-6(2)3/h5-6H,4,9H2,1-3H3/b8-5+. The zero-order valence-corrected chi connectivity index (χ0v) is 6.85. The smallest absolute Gasteiger partial charge is 0.137 e. The molecule has 0 aromatic carbocycles. The van der Waals surface area contributed by atoms with Gasteiger partial charge in [0.25, 0.3) is 0 Å². The summed E-state index contributed by atoms with van der Waals surface area (Å²) in [6.07, 6.45) is 1.97. The van der Waals surface area contributed by atoms with Crippen LogP contribution in [-0.2, 0) is 4.74 Å². The van der Waals surface area contributed by atoms with E-state index in [4.69, 9.17) is 10.5 Å². The minimum absolute atomic E-state index is 0.159. The first-order valence-corrected chi connectivity index (χ1v) is 3.35. The van der Waals surface area contributed by atoms with E-state index >= 15 is 0 Å². The lowest BCUT2D eigenvalue weighted by atomic mass is 10.3. The first-order valence-electron chi connectivity index (χ1n) is 3.35. The Morgan fingerprint density at radius 2 is 2.10 bits per heavy atom. The van der Waals surface area contributed by atoms with Gasteiger partial charge in [0.05, 0.1) is 11.8 Å². The lowest BCUT2D eigenvalue weighted by Crippen LogP contribution is -2.08. The van der Waals surface area contributed by atoms with Crippen molar-refractivity contribution in [2.24, 2.45) is 5.73 Å². The summed E-state index contributed by atoms with van der Waals surface area (Å²) < 4.78 is 5.30. The van der Waals surface area contributed by atoms with Crippen molar-refractivity contribution >= 4 is 0 Å². The highest BCUT2D eigenvalue weighted by Crippen LogP contribution is 2.06. The van der Waals surface area contributed by atoms with Crippen LogP contribution >= 0.6 is 0 Å². The molecule has 0 saturated heterocycles. The number of hydrogen-bond donors (Lipinski definition) is 1. The molecule has 2 N–H and O–H groups in total. The van der Waals surface area contributed by atoms with E-state index in [1.54, 1.807) is 0 Å². The van der Waals surface area contributed by atoms with Crippen molar-refractivity contribution in [1.82, 2.24) is 0 Å². The molecule has 58 valence electrons. The molecule has 2 nitrogen and oxygen atoms in total. The Labute approximate surface area is 62.4 Å². The van der Waals surface area contributed by atoms with Gasteiger partial charge in [-0.15, -0.1) is 0 Å². The van der Waals surface area contributed by atoms with Gasteiger partial charge in [-0.2, -0.15) is 0 Å². The third-order valence-corrected chi connectivity index (χ3v) is 0.941. The van der Waals surface area contributed by atoms with Crippen LogP contribution in [0.15, 0.2) is 24.1 Å². The van der Waals surface area contributed by atoms with E-state index in [-0.39, 0.29) is 6.10 Å². The molecule has 0 amide bonds. The van der Waals surface area contributed by atoms with Gasteiger partial charge in [0.1, 0.15) is 5.76 Å². The number of allylic oxidation sites excluding steroid dienone is 1. The molecule has 0 radical (unpaired) electrons. The van der Waals surface area contributed by atoms with Gasteiger partial charge in [-0.25, -0.2) is 0 Å². The summed E-state index contributed by atoms with van der Waals surface area (Å²) >= 11 is 0. The molecule has 0 aromatic heterocycles. The van der Waals surface area contributed by atoms with Gasteiger partial charge in [-0.05, 0) is 26.8 Å². The van der Waals surface area contributed by atoms with E-state index in [9.17, 15) is 0 Å². The molecule has 0 fully saturated rings. The Hall–Kier alpha value is -0.920. The number of hydrogen-bond acceptors (Lipinski definition) is 2. The molecule has 0 bridgehead atoms. The maximum Gasteiger partial charge on any atom is 0.137 e. The molecule has 2 heteroatoms. The lowest BCUT2D eigenvalue weighted by molar-refractivity contribution is 0.153. The van der Waals surface area contributed by atoms with Crippen molar-refractivity contribution in [3.05, 3.63) is 24.1 Å². The highest BCUT2D eigenvalue weighted by Gasteiger charge is 1.99. The normalized spacial score (nSPS) is 11.8. The van der Waals surface area contributed by atoms with Crippen LogP contribution in [0.5, 0.6) is 0 Å². The van der Waals surface area contributed by atoms with Crippen molar-refractivity contribution < 1.29 is 4.74 Å². The second-order valence-electron chi connectivity index (χ2n) is 2.34. The molecule has 0 unspecified atom stereocenters. The lowest BCUT2D eigenvalue weighted by Gasteiger charge is -2.12. The summed E-state index contributed by atoms with van der Waals surface area (Å²) in [5.74, 6) is 0.676. The first kappa shape index (κ1) is 9.08. The number of rotatable bonds is 3. The maximum atomic E-state index is 5.41. The van der Waals surface area contributed by atoms with Crippen molar-refractivity contribution in [3.63, 3.8) is 0 Å². The maximum absolute atomic E-state index is 5.41. The van der Waals surface area contributed by atoms with Gasteiger partial charge in [-0.1, -0.05) is 6.58 Å². The summed E-state index contributed by atoms with van der Waals surface area (Å²) in [5.41, 5.74) is 5.89. The van der Waals surface area contributed by atoms with E-state index in [0.29, 0.717) is 11.5 Å². The fourth-order valence-electron chi connectivity index (χ4n) is 0.583. The second kappa shape index (κ2) is 3.99. The summed E-state index contributed by atoms with van der Waals surface area (Å²) in [5, 5.41) is 0. The van der Waals surface area contributed by atoms with Crippen molar-refractivity contribution in [3.8, 4) is 0 Å². The monoisotopic (exact) mass is 141 g/mol. The Morgan fingerprint density at radius 1 is 1.60 bits per heavy atom. The van der Waals surface area contributed by atoms with Crippen LogP contribution < -0.4 is 5.73 Å². The Morgan fingerprint density at radius 3 is 2.20 bits per heavy atom. The third-order valence-electron chi connectivity index (χ3n) is 0.941. The zero-order chi connectivity index (χ0) is 8.15. The SMILES string of the molecule is C=C(N)/C(=C\C)OC(C)C. The van der Waals surface area contributed by atoms with Gasteiger partial charge in [0.15, 0.2) is 0 Å². The van der Waals surface area contributed by atoms with Crippen LogP contribution in [0.25, 0.3) is 0 Å². The van der Waals surface area contributed by atoms with Crippen LogP contribution in [0, 0.1) is 0 Å². The van der Waals surface area contributed by atoms with Gasteiger partial charge in [0, 0.05) is 0 Å². The van der Waals surface area contributed by atoms with Crippen LogP contribution in [0.1, 0.15) is 20.8 Å². The first-order chi connectivity index (χ1) is 4.57.